The van der Waals surface area contributed by atoms with E-state index in [2.05, 4.69) is 500 Å². The number of para-hydroxylation sites is 4. The van der Waals surface area contributed by atoms with E-state index in [1.54, 1.807) is 0 Å². The van der Waals surface area contributed by atoms with E-state index in [0.717, 1.165) is 116 Å². The largest absolute Gasteiger partial charge is 0.308 e. The highest BCUT2D eigenvalue weighted by Crippen LogP contribution is 2.53. The Morgan fingerprint density at radius 3 is 0.847 bits per heavy atom. The van der Waals surface area contributed by atoms with Gasteiger partial charge in [-0.05, 0) is 179 Å². The summed E-state index contributed by atoms with van der Waals surface area (Å²) in [5.41, 5.74) is 26.3. The second-order valence-corrected chi connectivity index (χ2v) is 40.0. The van der Waals surface area contributed by atoms with E-state index in [0.29, 0.717) is 17.8 Å². The summed E-state index contributed by atoms with van der Waals surface area (Å²) >= 11 is 0. The van der Waals surface area contributed by atoms with E-state index in [-0.39, 0.29) is 0 Å². The lowest BCUT2D eigenvalue weighted by molar-refractivity contribution is 1.01. The topological polar surface area (TPSA) is 105 Å². The van der Waals surface area contributed by atoms with Gasteiger partial charge in [0.25, 0.3) is 0 Å². The Bertz CT molecular complexity index is 12200. The lowest BCUT2D eigenvalue weighted by atomic mass is 9.97. The molecule has 0 N–H and O–H groups in total. The summed E-state index contributed by atoms with van der Waals surface area (Å²) in [6, 6.07) is 171. The smallest absolute Gasteiger partial charge is 0.235 e. The number of rotatable bonds is 6. The van der Waals surface area contributed by atoms with Crippen molar-refractivity contribution in [3.05, 3.63) is 473 Å². The molecule has 690 valence electrons. The molecular weight excluding hydrogens is 1830 g/mol. The van der Waals surface area contributed by atoms with Crippen molar-refractivity contribution < 1.29 is 0 Å². The first-order valence-corrected chi connectivity index (χ1v) is 51.3. The number of benzene rings is 24. The Labute approximate surface area is 852 Å². The summed E-state index contributed by atoms with van der Waals surface area (Å²) in [6.45, 7) is 0. The molecule has 0 fully saturated rings. The summed E-state index contributed by atoms with van der Waals surface area (Å²) in [5.74, 6) is 2.01. The number of aromatic nitrogens is 12. The first-order chi connectivity index (χ1) is 74.5. The molecular formula is C138H78N12. The van der Waals surface area contributed by atoms with Gasteiger partial charge in [0, 0.05) is 119 Å². The van der Waals surface area contributed by atoms with E-state index in [1.807, 2.05) is 0 Å². The van der Waals surface area contributed by atoms with E-state index < -0.39 is 0 Å². The van der Waals surface area contributed by atoms with Gasteiger partial charge in [-0.3, -0.25) is 13.7 Å². The van der Waals surface area contributed by atoms with E-state index in [9.17, 15) is 0 Å². The molecule has 0 saturated carbocycles. The van der Waals surface area contributed by atoms with E-state index in [4.69, 9.17) is 29.9 Å². The fourth-order valence-corrected chi connectivity index (χ4v) is 26.4. The molecule has 0 aliphatic heterocycles. The van der Waals surface area contributed by atoms with Crippen molar-refractivity contribution in [1.82, 2.24) is 56.8 Å². The molecule has 36 aromatic rings. The minimum absolute atomic E-state index is 0.668. The summed E-state index contributed by atoms with van der Waals surface area (Å²) in [4.78, 5) is 32.6. The maximum Gasteiger partial charge on any atom is 0.235 e. The zero-order chi connectivity index (χ0) is 97.5. The van der Waals surface area contributed by atoms with Gasteiger partial charge in [0.1, 0.15) is 0 Å². The van der Waals surface area contributed by atoms with Crippen molar-refractivity contribution in [1.29, 1.82) is 0 Å². The molecule has 0 amide bonds. The molecule has 0 atom stereocenters. The average molecular weight is 1900 g/mol. The first-order valence-electron chi connectivity index (χ1n) is 51.3. The normalized spacial score (nSPS) is 12.4. The third-order valence-electron chi connectivity index (χ3n) is 32.4. The summed E-state index contributed by atoms with van der Waals surface area (Å²) in [5, 5.41) is 40.1. The van der Waals surface area contributed by atoms with Crippen LogP contribution in [0.5, 0.6) is 0 Å². The SMILES string of the molecule is c1ccc(-c2nc(-n3c4cc5ccccc5c5c6cccc7c8ccccc8n(c8cccc3c8c54)c76)nc3ccc4ccccc4c23)cc1.c1ccc(-c2nc(-n3c4cccc5c4c4c3cccc4n3c4ccccc4c4cc6ccccc6c5c43)nc3ccc4ccccc4c23)cc1.c1ccc(-c2nc(-n3c4cccc5c6cc7ccccc7c7c8ccccc8n(c8cccc3c8c54)c67)nc3ccc4ccccc4c23)cc1. The molecule has 12 nitrogen and oxygen atoms in total. The standard InChI is InChI=1S/3C46H26N4/c1-2-13-28(14-3-1)44-41-30-16-6-4-12-27(30)24-25-35(41)47-46(48-44)50-38-23-11-22-37-42(38)43-39(50)26-29-15-5-7-17-31(29)40(43)34-20-10-19-33-32-18-8-9-21-36(32)49(37)45(33)34;1-2-13-28(14-3-1)44-41-30-16-6-4-12-27(30)24-25-35(41)47-46(48-44)50-37-21-10-19-32-34-26-29-15-5-7-17-31(29)40-33-18-8-9-20-36(33)49(45(34)40)38-22-11-23-39(50)43(38)42(32)37;1-2-13-28(14-3-1)44-41-30-16-6-4-12-27(30)24-25-35(41)47-46(48-44)50-37-21-10-19-33-40-31-17-7-5-15-29(31)26-34-32-18-8-9-20-36(32)49(45(34)40)38-22-11-23-39(50)43(38)42(33)37/h3*1-26H. The molecule has 0 radical (unpaired) electrons. The van der Waals surface area contributed by atoms with Gasteiger partial charge in [0.15, 0.2) is 0 Å². The molecule has 12 heteroatoms. The molecule has 12 heterocycles. The zero-order valence-corrected chi connectivity index (χ0v) is 80.4. The Hall–Kier alpha value is -20.3. The van der Waals surface area contributed by atoms with Crippen LogP contribution in [0.2, 0.25) is 0 Å². The lowest BCUT2D eigenvalue weighted by Gasteiger charge is -2.14. The highest BCUT2D eigenvalue weighted by atomic mass is 15.2. The van der Waals surface area contributed by atoms with Gasteiger partial charge in [0.05, 0.1) is 116 Å². The van der Waals surface area contributed by atoms with Crippen LogP contribution < -0.4 is 0 Å². The van der Waals surface area contributed by atoms with Gasteiger partial charge in [-0.2, -0.15) is 0 Å². The van der Waals surface area contributed by atoms with Crippen LogP contribution in [0.1, 0.15) is 0 Å². The maximum atomic E-state index is 5.52. The molecule has 0 aliphatic carbocycles. The Morgan fingerprint density at radius 2 is 0.400 bits per heavy atom. The van der Waals surface area contributed by atoms with Crippen molar-refractivity contribution in [2.75, 3.05) is 0 Å². The summed E-state index contributed by atoms with van der Waals surface area (Å²) in [7, 11) is 0. The molecule has 150 heavy (non-hydrogen) atoms. The predicted octanol–water partition coefficient (Wildman–Crippen LogP) is 35.6. The van der Waals surface area contributed by atoms with Crippen molar-refractivity contribution in [2.45, 2.75) is 0 Å². The lowest BCUT2D eigenvalue weighted by Crippen LogP contribution is -2.04. The first kappa shape index (κ1) is 81.1. The molecule has 0 unspecified atom stereocenters. The predicted molar refractivity (Wildman–Crippen MR) is 627 cm³/mol. The second-order valence-electron chi connectivity index (χ2n) is 40.0. The minimum Gasteiger partial charge on any atom is -0.308 e. The zero-order valence-electron chi connectivity index (χ0n) is 80.4. The van der Waals surface area contributed by atoms with Crippen molar-refractivity contribution in [2.24, 2.45) is 0 Å². The third-order valence-corrected chi connectivity index (χ3v) is 32.4. The van der Waals surface area contributed by atoms with Gasteiger partial charge in [-0.15, -0.1) is 0 Å². The van der Waals surface area contributed by atoms with Crippen molar-refractivity contribution in [3.8, 4) is 51.6 Å². The molecule has 24 aromatic carbocycles. The minimum atomic E-state index is 0.668. The fraction of sp³-hybridized carbons (Fsp3) is 0. The van der Waals surface area contributed by atoms with Gasteiger partial charge in [-0.25, -0.2) is 29.9 Å². The van der Waals surface area contributed by atoms with Crippen LogP contribution in [0.3, 0.4) is 0 Å². The number of fused-ring (bicyclic) bond motifs is 30. The van der Waals surface area contributed by atoms with E-state index >= 15 is 0 Å². The maximum absolute atomic E-state index is 5.52. The van der Waals surface area contributed by atoms with Crippen LogP contribution in [-0.4, -0.2) is 56.8 Å². The van der Waals surface area contributed by atoms with Gasteiger partial charge in [0.2, 0.25) is 17.8 Å². The molecule has 0 saturated heterocycles. The third kappa shape index (κ3) is 11.1. The van der Waals surface area contributed by atoms with Crippen LogP contribution in [0, 0.1) is 0 Å². The van der Waals surface area contributed by atoms with Crippen LogP contribution in [0.15, 0.2) is 473 Å². The van der Waals surface area contributed by atoms with Gasteiger partial charge >= 0.3 is 0 Å². The number of nitrogens with zero attached hydrogens (tertiary/aromatic N) is 12. The van der Waals surface area contributed by atoms with Crippen LogP contribution >= 0.6 is 0 Å². The quantitative estimate of drug-likeness (QED) is 0.154. The number of hydrogen-bond acceptors (Lipinski definition) is 6. The van der Waals surface area contributed by atoms with Gasteiger partial charge < -0.3 is 13.2 Å². The van der Waals surface area contributed by atoms with E-state index in [1.165, 1.54) is 195 Å². The highest BCUT2D eigenvalue weighted by molar-refractivity contribution is 6.40. The highest BCUT2D eigenvalue weighted by Gasteiger charge is 2.32. The molecule has 0 bridgehead atoms. The second kappa shape index (κ2) is 30.6. The fourth-order valence-electron chi connectivity index (χ4n) is 26.4. The van der Waals surface area contributed by atoms with Gasteiger partial charge in [-0.1, -0.05) is 370 Å². The van der Waals surface area contributed by atoms with Crippen molar-refractivity contribution in [3.63, 3.8) is 0 Å². The Morgan fingerprint density at radius 1 is 0.127 bits per heavy atom. The Kier molecular flexibility index (Phi) is 16.6. The average Bonchev–Trinajstić information content (AvgIpc) is 1.53. The Balaban J connectivity index is 0.0000000957. The monoisotopic (exact) mass is 1900 g/mol. The summed E-state index contributed by atoms with van der Waals surface area (Å²) in [6.07, 6.45) is 0. The number of hydrogen-bond donors (Lipinski definition) is 0. The molecule has 36 rings (SSSR count). The van der Waals surface area contributed by atoms with Crippen LogP contribution in [0.4, 0.5) is 0 Å². The van der Waals surface area contributed by atoms with Crippen molar-refractivity contribution >= 4 is 277 Å². The molecule has 0 aliphatic rings. The van der Waals surface area contributed by atoms with Crippen LogP contribution in [0.25, 0.3) is 329 Å². The van der Waals surface area contributed by atoms with Crippen LogP contribution in [-0.2, 0) is 0 Å². The molecule has 12 aromatic heterocycles. The molecule has 0 spiro atoms. The summed E-state index contributed by atoms with van der Waals surface area (Å²) < 4.78 is 14.4.